The van der Waals surface area contributed by atoms with Gasteiger partial charge in [-0.05, 0) is 42.8 Å². The Morgan fingerprint density at radius 1 is 1.04 bits per heavy atom. The van der Waals surface area contributed by atoms with Crippen LogP contribution in [0.15, 0.2) is 57.7 Å². The fraction of sp³-hybridized carbons (Fsp3) is 0.211. The molecular weight excluding hydrogens is 350 g/mol. The van der Waals surface area contributed by atoms with Gasteiger partial charge in [0.1, 0.15) is 0 Å². The van der Waals surface area contributed by atoms with E-state index in [2.05, 4.69) is 15.4 Å². The van der Waals surface area contributed by atoms with Gasteiger partial charge in [0.25, 0.3) is 0 Å². The van der Waals surface area contributed by atoms with Gasteiger partial charge in [-0.1, -0.05) is 12.1 Å². The number of hydrogen-bond donors (Lipinski definition) is 2. The SMILES string of the molecule is COC(=O)Nc1ccc(NC(=O)CCCn2c(=O)oc3ccccc32)cc1. The standard InChI is InChI=1S/C19H19N3O5/c1-26-18(24)21-14-10-8-13(9-11-14)20-17(23)7-4-12-22-15-5-2-3-6-16(15)27-19(22)25/h2-3,5-6,8-11H,4,7,12H2,1H3,(H,20,23)(H,21,24). The summed E-state index contributed by atoms with van der Waals surface area (Å²) in [5.74, 6) is -0.588. The molecule has 2 amide bonds. The highest BCUT2D eigenvalue weighted by atomic mass is 16.5. The maximum atomic E-state index is 12.1. The van der Waals surface area contributed by atoms with E-state index < -0.39 is 11.8 Å². The quantitative estimate of drug-likeness (QED) is 0.695. The van der Waals surface area contributed by atoms with Gasteiger partial charge in [0.15, 0.2) is 5.58 Å². The maximum Gasteiger partial charge on any atom is 0.419 e. The Bertz CT molecular complexity index is 1000. The summed E-state index contributed by atoms with van der Waals surface area (Å²) in [6.07, 6.45) is 0.194. The summed E-state index contributed by atoms with van der Waals surface area (Å²) in [6, 6.07) is 13.8. The van der Waals surface area contributed by atoms with Crippen molar-refractivity contribution >= 4 is 34.5 Å². The molecule has 0 saturated heterocycles. The van der Waals surface area contributed by atoms with E-state index in [9.17, 15) is 14.4 Å². The van der Waals surface area contributed by atoms with Gasteiger partial charge in [0, 0.05) is 24.3 Å². The van der Waals surface area contributed by atoms with Crippen LogP contribution in [0, 0.1) is 0 Å². The molecule has 3 rings (SSSR count). The number of carbonyl (C=O) groups excluding carboxylic acids is 2. The Morgan fingerprint density at radius 3 is 2.41 bits per heavy atom. The lowest BCUT2D eigenvalue weighted by Crippen LogP contribution is -2.17. The summed E-state index contributed by atoms with van der Waals surface area (Å²) in [4.78, 5) is 35.1. The molecule has 0 bridgehead atoms. The molecule has 0 atom stereocenters. The molecule has 140 valence electrons. The fourth-order valence-corrected chi connectivity index (χ4v) is 2.65. The number of methoxy groups -OCH3 is 1. The third kappa shape index (κ3) is 4.55. The minimum Gasteiger partial charge on any atom is -0.453 e. The van der Waals surface area contributed by atoms with Crippen LogP contribution in [0.5, 0.6) is 0 Å². The molecule has 0 aliphatic rings. The first kappa shape index (κ1) is 18.2. The number of fused-ring (bicyclic) bond motifs is 1. The van der Waals surface area contributed by atoms with E-state index in [-0.39, 0.29) is 12.3 Å². The van der Waals surface area contributed by atoms with Crippen LogP contribution >= 0.6 is 0 Å². The number of carbonyl (C=O) groups is 2. The van der Waals surface area contributed by atoms with Crippen LogP contribution in [0.4, 0.5) is 16.2 Å². The molecule has 8 heteroatoms. The molecule has 0 aliphatic heterocycles. The van der Waals surface area contributed by atoms with Crippen molar-refractivity contribution in [2.75, 3.05) is 17.7 Å². The maximum absolute atomic E-state index is 12.1. The van der Waals surface area contributed by atoms with Crippen molar-refractivity contribution in [2.24, 2.45) is 0 Å². The number of para-hydroxylation sites is 2. The van der Waals surface area contributed by atoms with E-state index in [1.165, 1.54) is 11.7 Å². The Kier molecular flexibility index (Phi) is 5.55. The average molecular weight is 369 g/mol. The minimum absolute atomic E-state index is 0.162. The van der Waals surface area contributed by atoms with Crippen molar-refractivity contribution in [3.8, 4) is 0 Å². The average Bonchev–Trinajstić information content (AvgIpc) is 2.99. The molecule has 0 aliphatic carbocycles. The Balaban J connectivity index is 1.51. The predicted octanol–water partition coefficient (Wildman–Crippen LogP) is 3.19. The molecule has 0 radical (unpaired) electrons. The third-order valence-corrected chi connectivity index (χ3v) is 3.96. The molecule has 0 fully saturated rings. The number of benzene rings is 2. The molecule has 8 nitrogen and oxygen atoms in total. The fourth-order valence-electron chi connectivity index (χ4n) is 2.65. The van der Waals surface area contributed by atoms with Crippen LogP contribution in [-0.4, -0.2) is 23.7 Å². The molecule has 2 N–H and O–H groups in total. The zero-order valence-electron chi connectivity index (χ0n) is 14.7. The first-order valence-electron chi connectivity index (χ1n) is 8.40. The summed E-state index contributed by atoms with van der Waals surface area (Å²) in [5, 5.41) is 5.30. The number of nitrogens with zero attached hydrogens (tertiary/aromatic N) is 1. The highest BCUT2D eigenvalue weighted by Gasteiger charge is 2.09. The summed E-state index contributed by atoms with van der Waals surface area (Å²) in [6.45, 7) is 0.394. The molecular formula is C19H19N3O5. The monoisotopic (exact) mass is 369 g/mol. The van der Waals surface area contributed by atoms with Gasteiger partial charge < -0.3 is 14.5 Å². The third-order valence-electron chi connectivity index (χ3n) is 3.96. The summed E-state index contributed by atoms with van der Waals surface area (Å²) in [7, 11) is 1.28. The van der Waals surface area contributed by atoms with Crippen LogP contribution in [0.25, 0.3) is 11.1 Å². The van der Waals surface area contributed by atoms with Crippen molar-refractivity contribution in [2.45, 2.75) is 19.4 Å². The number of aryl methyl sites for hydroxylation is 1. The highest BCUT2D eigenvalue weighted by Crippen LogP contribution is 2.15. The molecule has 2 aromatic carbocycles. The van der Waals surface area contributed by atoms with Crippen molar-refractivity contribution in [1.82, 2.24) is 4.57 Å². The Hall–Kier alpha value is -3.55. The van der Waals surface area contributed by atoms with Crippen molar-refractivity contribution in [3.05, 3.63) is 59.1 Å². The lowest BCUT2D eigenvalue weighted by atomic mass is 10.2. The van der Waals surface area contributed by atoms with Crippen LogP contribution in [-0.2, 0) is 16.1 Å². The van der Waals surface area contributed by atoms with Gasteiger partial charge in [-0.3, -0.25) is 14.7 Å². The van der Waals surface area contributed by atoms with Gasteiger partial charge in [-0.2, -0.15) is 0 Å². The molecule has 27 heavy (non-hydrogen) atoms. The molecule has 3 aromatic rings. The van der Waals surface area contributed by atoms with E-state index in [0.29, 0.717) is 29.9 Å². The number of oxazole rings is 1. The number of nitrogens with one attached hydrogen (secondary N) is 2. The second-order valence-corrected chi connectivity index (χ2v) is 5.83. The predicted molar refractivity (Wildman–Crippen MR) is 101 cm³/mol. The van der Waals surface area contributed by atoms with Gasteiger partial charge in [0.2, 0.25) is 5.91 Å². The van der Waals surface area contributed by atoms with Crippen LogP contribution in [0.1, 0.15) is 12.8 Å². The molecule has 0 saturated carbocycles. The van der Waals surface area contributed by atoms with Gasteiger partial charge in [-0.25, -0.2) is 9.59 Å². The smallest absolute Gasteiger partial charge is 0.419 e. The topological polar surface area (TPSA) is 103 Å². The van der Waals surface area contributed by atoms with Crippen molar-refractivity contribution in [1.29, 1.82) is 0 Å². The highest BCUT2D eigenvalue weighted by molar-refractivity contribution is 5.91. The molecule has 0 unspecified atom stereocenters. The zero-order valence-corrected chi connectivity index (χ0v) is 14.7. The van der Waals surface area contributed by atoms with E-state index in [4.69, 9.17) is 4.42 Å². The van der Waals surface area contributed by atoms with Gasteiger partial charge >= 0.3 is 11.8 Å². The second kappa shape index (κ2) is 8.22. The van der Waals surface area contributed by atoms with Gasteiger partial charge in [0.05, 0.1) is 12.6 Å². The normalized spacial score (nSPS) is 10.6. The first-order chi connectivity index (χ1) is 13.1. The number of ether oxygens (including phenoxy) is 1. The first-order valence-corrected chi connectivity index (χ1v) is 8.40. The van der Waals surface area contributed by atoms with Crippen LogP contribution < -0.4 is 16.4 Å². The van der Waals surface area contributed by atoms with Gasteiger partial charge in [-0.15, -0.1) is 0 Å². The Labute approximate surface area is 154 Å². The summed E-state index contributed by atoms with van der Waals surface area (Å²) < 4.78 is 11.2. The summed E-state index contributed by atoms with van der Waals surface area (Å²) in [5.41, 5.74) is 2.43. The second-order valence-electron chi connectivity index (χ2n) is 5.83. The Morgan fingerprint density at radius 2 is 1.70 bits per heavy atom. The van der Waals surface area contributed by atoms with E-state index in [1.807, 2.05) is 12.1 Å². The van der Waals surface area contributed by atoms with Crippen molar-refractivity contribution in [3.63, 3.8) is 0 Å². The van der Waals surface area contributed by atoms with E-state index in [0.717, 1.165) is 5.52 Å². The van der Waals surface area contributed by atoms with E-state index >= 15 is 0 Å². The van der Waals surface area contributed by atoms with Crippen LogP contribution in [0.3, 0.4) is 0 Å². The molecule has 1 aromatic heterocycles. The molecule has 0 spiro atoms. The number of rotatable bonds is 6. The number of amides is 2. The minimum atomic E-state index is -0.561. The lowest BCUT2D eigenvalue weighted by molar-refractivity contribution is -0.116. The largest absolute Gasteiger partial charge is 0.453 e. The number of anilines is 2. The summed E-state index contributed by atoms with van der Waals surface area (Å²) >= 11 is 0. The zero-order chi connectivity index (χ0) is 19.2. The van der Waals surface area contributed by atoms with Crippen LogP contribution in [0.2, 0.25) is 0 Å². The van der Waals surface area contributed by atoms with Crippen molar-refractivity contribution < 1.29 is 18.7 Å². The number of aromatic nitrogens is 1. The lowest BCUT2D eigenvalue weighted by Gasteiger charge is -2.07. The number of hydrogen-bond acceptors (Lipinski definition) is 5. The molecule has 1 heterocycles. The van der Waals surface area contributed by atoms with E-state index in [1.54, 1.807) is 36.4 Å².